The summed E-state index contributed by atoms with van der Waals surface area (Å²) in [5.74, 6) is 0.861. The third kappa shape index (κ3) is 3.78. The van der Waals surface area contributed by atoms with Gasteiger partial charge in [0.25, 0.3) is 0 Å². The first-order valence-corrected chi connectivity index (χ1v) is 8.07. The summed E-state index contributed by atoms with van der Waals surface area (Å²) in [6, 6.07) is 8.05. The van der Waals surface area contributed by atoms with E-state index in [9.17, 15) is 5.11 Å². The average molecular weight is 291 g/mol. The summed E-state index contributed by atoms with van der Waals surface area (Å²) in [5.41, 5.74) is 1.06. The summed E-state index contributed by atoms with van der Waals surface area (Å²) >= 11 is 0. The van der Waals surface area contributed by atoms with Crippen LogP contribution in [0.1, 0.15) is 44.1 Å². The van der Waals surface area contributed by atoms with Gasteiger partial charge in [0.2, 0.25) is 0 Å². The molecule has 1 atom stereocenters. The van der Waals surface area contributed by atoms with Crippen molar-refractivity contribution in [2.24, 2.45) is 0 Å². The molecule has 1 aliphatic rings. The Kier molecular flexibility index (Phi) is 5.65. The molecule has 2 rings (SSSR count). The zero-order valence-corrected chi connectivity index (χ0v) is 13.6. The Morgan fingerprint density at radius 3 is 2.43 bits per heavy atom. The van der Waals surface area contributed by atoms with E-state index in [1.165, 1.54) is 25.7 Å². The molecular weight excluding hydrogens is 262 g/mol. The molecule has 0 bridgehead atoms. The first-order valence-electron chi connectivity index (χ1n) is 8.07. The Morgan fingerprint density at radius 2 is 1.86 bits per heavy atom. The highest BCUT2D eigenvalue weighted by atomic mass is 16.5. The summed E-state index contributed by atoms with van der Waals surface area (Å²) in [7, 11) is 5.91. The van der Waals surface area contributed by atoms with Crippen LogP contribution in [0.4, 0.5) is 0 Å². The Morgan fingerprint density at radius 1 is 1.19 bits per heavy atom. The quantitative estimate of drug-likeness (QED) is 0.845. The van der Waals surface area contributed by atoms with Gasteiger partial charge in [-0.05, 0) is 44.6 Å². The number of hydrogen-bond acceptors (Lipinski definition) is 3. The second kappa shape index (κ2) is 7.28. The van der Waals surface area contributed by atoms with Crippen LogP contribution in [-0.2, 0) is 6.42 Å². The monoisotopic (exact) mass is 291 g/mol. The second-order valence-corrected chi connectivity index (χ2v) is 6.48. The molecule has 0 radical (unpaired) electrons. The Labute approximate surface area is 128 Å². The average Bonchev–Trinajstić information content (AvgIpc) is 2.74. The third-order valence-corrected chi connectivity index (χ3v) is 5.04. The van der Waals surface area contributed by atoms with Crippen molar-refractivity contribution < 1.29 is 9.84 Å². The van der Waals surface area contributed by atoms with Crippen LogP contribution in [0.15, 0.2) is 24.3 Å². The van der Waals surface area contributed by atoms with Gasteiger partial charge >= 0.3 is 0 Å². The van der Waals surface area contributed by atoms with E-state index in [0.29, 0.717) is 6.42 Å². The zero-order valence-electron chi connectivity index (χ0n) is 13.6. The SMILES string of the molecule is COc1cccc(CC(O)C2(N(C)C)CCCCCC2)c1. The summed E-state index contributed by atoms with van der Waals surface area (Å²) < 4.78 is 5.28. The smallest absolute Gasteiger partial charge is 0.119 e. The molecule has 1 aromatic rings. The van der Waals surface area contributed by atoms with Crippen LogP contribution in [-0.4, -0.2) is 42.9 Å². The molecule has 0 amide bonds. The van der Waals surface area contributed by atoms with Crippen molar-refractivity contribution in [3.05, 3.63) is 29.8 Å². The highest BCUT2D eigenvalue weighted by Crippen LogP contribution is 2.35. The number of nitrogens with zero attached hydrogens (tertiary/aromatic N) is 1. The molecule has 1 fully saturated rings. The van der Waals surface area contributed by atoms with E-state index < -0.39 is 0 Å². The van der Waals surface area contributed by atoms with E-state index >= 15 is 0 Å². The van der Waals surface area contributed by atoms with Gasteiger partial charge in [-0.25, -0.2) is 0 Å². The maximum absolute atomic E-state index is 11.0. The summed E-state index contributed by atoms with van der Waals surface area (Å²) in [6.45, 7) is 0. The van der Waals surface area contributed by atoms with Crippen LogP contribution < -0.4 is 4.74 Å². The highest BCUT2D eigenvalue weighted by molar-refractivity contribution is 5.29. The maximum Gasteiger partial charge on any atom is 0.119 e. The molecule has 1 N–H and O–H groups in total. The zero-order chi connectivity index (χ0) is 15.3. The molecule has 1 aromatic carbocycles. The number of rotatable bonds is 5. The lowest BCUT2D eigenvalue weighted by atomic mass is 9.80. The van der Waals surface area contributed by atoms with Gasteiger partial charge in [0.1, 0.15) is 5.75 Å². The predicted octanol–water partition coefficient (Wildman–Crippen LogP) is 3.25. The summed E-state index contributed by atoms with van der Waals surface area (Å²) in [4.78, 5) is 2.25. The van der Waals surface area contributed by atoms with Gasteiger partial charge in [0.05, 0.1) is 13.2 Å². The van der Waals surface area contributed by atoms with Gasteiger partial charge in [0.15, 0.2) is 0 Å². The first-order chi connectivity index (χ1) is 10.1. The van der Waals surface area contributed by atoms with E-state index in [2.05, 4.69) is 25.1 Å². The standard InChI is InChI=1S/C18H29NO2/c1-19(2)18(11-6-4-5-7-12-18)17(20)14-15-9-8-10-16(13-15)21-3/h8-10,13,17,20H,4-7,11-12,14H2,1-3H3. The first kappa shape index (κ1) is 16.3. The van der Waals surface area contributed by atoms with Crippen LogP contribution in [0, 0.1) is 0 Å². The summed E-state index contributed by atoms with van der Waals surface area (Å²) in [6.07, 6.45) is 7.55. The maximum atomic E-state index is 11.0. The number of hydrogen-bond donors (Lipinski definition) is 1. The molecule has 3 heteroatoms. The molecule has 0 spiro atoms. The van der Waals surface area contributed by atoms with Crippen molar-refractivity contribution in [2.75, 3.05) is 21.2 Å². The molecule has 1 unspecified atom stereocenters. The Hall–Kier alpha value is -1.06. The highest BCUT2D eigenvalue weighted by Gasteiger charge is 2.39. The van der Waals surface area contributed by atoms with Gasteiger partial charge in [-0.15, -0.1) is 0 Å². The van der Waals surface area contributed by atoms with Crippen molar-refractivity contribution in [3.63, 3.8) is 0 Å². The fourth-order valence-corrected chi connectivity index (χ4v) is 3.63. The molecule has 21 heavy (non-hydrogen) atoms. The number of likely N-dealkylation sites (N-methyl/N-ethyl adjacent to an activating group) is 1. The van der Waals surface area contributed by atoms with Gasteiger partial charge in [-0.2, -0.15) is 0 Å². The van der Waals surface area contributed by atoms with Gasteiger partial charge < -0.3 is 14.7 Å². The number of methoxy groups -OCH3 is 1. The lowest BCUT2D eigenvalue weighted by molar-refractivity contribution is -0.0174. The normalized spacial score (nSPS) is 20.0. The van der Waals surface area contributed by atoms with E-state index in [1.807, 2.05) is 18.2 Å². The minimum atomic E-state index is -0.335. The molecule has 0 heterocycles. The number of benzene rings is 1. The van der Waals surface area contributed by atoms with Crippen molar-refractivity contribution >= 4 is 0 Å². The van der Waals surface area contributed by atoms with Gasteiger partial charge in [-0.3, -0.25) is 0 Å². The van der Waals surface area contributed by atoms with Crippen LogP contribution in [0.25, 0.3) is 0 Å². The molecule has 1 saturated carbocycles. The van der Waals surface area contributed by atoms with Crippen LogP contribution in [0.3, 0.4) is 0 Å². The molecular formula is C18H29NO2. The minimum Gasteiger partial charge on any atom is -0.497 e. The van der Waals surface area contributed by atoms with Crippen LogP contribution in [0.5, 0.6) is 5.75 Å². The minimum absolute atomic E-state index is 0.0838. The molecule has 0 aromatic heterocycles. The number of aliphatic hydroxyl groups excluding tert-OH is 1. The van der Waals surface area contributed by atoms with E-state index in [1.54, 1.807) is 7.11 Å². The number of ether oxygens (including phenoxy) is 1. The second-order valence-electron chi connectivity index (χ2n) is 6.48. The van der Waals surface area contributed by atoms with Gasteiger partial charge in [0, 0.05) is 12.0 Å². The summed E-state index contributed by atoms with van der Waals surface area (Å²) in [5, 5.41) is 11.0. The molecule has 0 saturated heterocycles. The largest absolute Gasteiger partial charge is 0.497 e. The van der Waals surface area contributed by atoms with Crippen LogP contribution in [0.2, 0.25) is 0 Å². The Bertz CT molecular complexity index is 437. The van der Waals surface area contributed by atoms with Crippen molar-refractivity contribution in [2.45, 2.75) is 56.6 Å². The van der Waals surface area contributed by atoms with E-state index in [-0.39, 0.29) is 11.6 Å². The van der Waals surface area contributed by atoms with Crippen molar-refractivity contribution in [1.29, 1.82) is 0 Å². The van der Waals surface area contributed by atoms with Crippen LogP contribution >= 0.6 is 0 Å². The number of aliphatic hydroxyl groups is 1. The molecule has 0 aliphatic heterocycles. The fraction of sp³-hybridized carbons (Fsp3) is 0.667. The van der Waals surface area contributed by atoms with Crippen molar-refractivity contribution in [3.8, 4) is 5.75 Å². The third-order valence-electron chi connectivity index (χ3n) is 5.04. The lowest BCUT2D eigenvalue weighted by Gasteiger charge is -2.43. The topological polar surface area (TPSA) is 32.7 Å². The van der Waals surface area contributed by atoms with Crippen molar-refractivity contribution in [1.82, 2.24) is 4.90 Å². The van der Waals surface area contributed by atoms with E-state index in [0.717, 1.165) is 24.2 Å². The molecule has 3 nitrogen and oxygen atoms in total. The molecule has 118 valence electrons. The van der Waals surface area contributed by atoms with Gasteiger partial charge in [-0.1, -0.05) is 37.8 Å². The lowest BCUT2D eigenvalue weighted by Crippen LogP contribution is -2.54. The fourth-order valence-electron chi connectivity index (χ4n) is 3.63. The molecule has 1 aliphatic carbocycles. The van der Waals surface area contributed by atoms with E-state index in [4.69, 9.17) is 4.74 Å². The Balaban J connectivity index is 2.16. The predicted molar refractivity (Wildman–Crippen MR) is 86.8 cm³/mol.